The molecule has 70 heavy (non-hydrogen) atoms. The van der Waals surface area contributed by atoms with Gasteiger partial charge in [0.25, 0.3) is 11.8 Å². The second-order valence-corrected chi connectivity index (χ2v) is 19.0. The first-order chi connectivity index (χ1) is 33.8. The number of rotatable bonds is 14. The lowest BCUT2D eigenvalue weighted by Gasteiger charge is -2.46. The zero-order valence-corrected chi connectivity index (χ0v) is 39.0. The molecule has 0 radical (unpaired) electrons. The van der Waals surface area contributed by atoms with Crippen molar-refractivity contribution in [1.29, 1.82) is 0 Å². The fraction of sp³-hybridized carbons (Fsp3) is 0.392. The number of piperazine rings is 1. The monoisotopic (exact) mass is 951 g/mol. The van der Waals surface area contributed by atoms with Gasteiger partial charge in [-0.2, -0.15) is 0 Å². The second kappa shape index (κ2) is 19.2. The van der Waals surface area contributed by atoms with E-state index in [9.17, 15) is 33.2 Å². The number of nitrogens with one attached hydrogen (secondary N) is 4. The van der Waals surface area contributed by atoms with Crippen LogP contribution < -0.4 is 30.9 Å². The summed E-state index contributed by atoms with van der Waals surface area (Å²) in [6.45, 7) is 10.3. The molecular weight excluding hydrogens is 898 g/mol. The van der Waals surface area contributed by atoms with E-state index in [1.165, 1.54) is 36.5 Å². The number of anilines is 4. The molecule has 1 unspecified atom stereocenters. The molecule has 10 rings (SSSR count). The van der Waals surface area contributed by atoms with Crippen LogP contribution >= 0.6 is 0 Å². The molecule has 3 atom stereocenters. The minimum Gasteiger partial charge on any atom is -0.457 e. The molecule has 4 fully saturated rings. The summed E-state index contributed by atoms with van der Waals surface area (Å²) in [6.07, 6.45) is 8.08. The van der Waals surface area contributed by atoms with E-state index in [0.717, 1.165) is 67.2 Å². The lowest BCUT2D eigenvalue weighted by Crippen LogP contribution is -2.58. The van der Waals surface area contributed by atoms with E-state index in [0.29, 0.717) is 72.6 Å². The summed E-state index contributed by atoms with van der Waals surface area (Å²) >= 11 is 0. The van der Waals surface area contributed by atoms with E-state index in [2.05, 4.69) is 59.8 Å². The average molecular weight is 952 g/mol. The van der Waals surface area contributed by atoms with Gasteiger partial charge in [-0.3, -0.25) is 53.8 Å². The van der Waals surface area contributed by atoms with E-state index in [1.54, 1.807) is 42.7 Å². The third-order valence-corrected chi connectivity index (χ3v) is 14.4. The maximum atomic E-state index is 13.5. The fourth-order valence-electron chi connectivity index (χ4n) is 10.1. The van der Waals surface area contributed by atoms with Gasteiger partial charge in [0.1, 0.15) is 40.4 Å². The van der Waals surface area contributed by atoms with Crippen LogP contribution in [0.2, 0.25) is 0 Å². The molecule has 2 aromatic carbocycles. The summed E-state index contributed by atoms with van der Waals surface area (Å²) in [4.78, 5) is 99.4. The number of nitrogens with zero attached hydrogens (tertiary/aromatic N) is 7. The van der Waals surface area contributed by atoms with Crippen LogP contribution in [0.5, 0.6) is 11.5 Å². The molecule has 0 spiro atoms. The molecule has 1 aliphatic carbocycles. The SMILES string of the molecule is C[C@H]1CN(CC2CCN(c3cc4nccc(Oc5ccc(NC(=O)C6(C(=O)Nc7ccc(F)cc7)CC6)cc5)c4cn3)CC2)[C@@H](C)CN1CCNc1nccc2c1C(=O)N(C1CCC(=O)NC1=O)C2=O. The number of pyridine rings is 3. The van der Waals surface area contributed by atoms with Crippen molar-refractivity contribution in [3.05, 3.63) is 102 Å². The number of benzene rings is 2. The van der Waals surface area contributed by atoms with Crippen LogP contribution in [-0.2, 0) is 19.2 Å². The summed E-state index contributed by atoms with van der Waals surface area (Å²) in [5.74, 6) is -0.538. The van der Waals surface area contributed by atoms with Crippen molar-refractivity contribution in [3.63, 3.8) is 0 Å². The summed E-state index contributed by atoms with van der Waals surface area (Å²) < 4.78 is 19.6. The Labute approximate surface area is 403 Å². The molecule has 4 N–H and O–H groups in total. The van der Waals surface area contributed by atoms with Crippen molar-refractivity contribution in [2.24, 2.45) is 11.3 Å². The first-order valence-corrected chi connectivity index (χ1v) is 23.9. The number of aromatic nitrogens is 3. The molecule has 5 aliphatic rings. The number of hydrogen-bond acceptors (Lipinski definition) is 14. The first-order valence-electron chi connectivity index (χ1n) is 23.9. The summed E-state index contributed by atoms with van der Waals surface area (Å²) in [7, 11) is 0. The highest BCUT2D eigenvalue weighted by molar-refractivity contribution is 6.25. The molecule has 7 heterocycles. The topological polar surface area (TPSA) is 211 Å². The van der Waals surface area contributed by atoms with Crippen molar-refractivity contribution < 1.29 is 37.9 Å². The molecule has 0 bridgehead atoms. The molecule has 18 nitrogen and oxygen atoms in total. The van der Waals surface area contributed by atoms with Crippen molar-refractivity contribution in [1.82, 2.24) is 35.0 Å². The lowest BCUT2D eigenvalue weighted by molar-refractivity contribution is -0.136. The Morgan fingerprint density at radius 1 is 0.814 bits per heavy atom. The maximum absolute atomic E-state index is 13.5. The Kier molecular flexibility index (Phi) is 12.7. The largest absolute Gasteiger partial charge is 0.457 e. The van der Waals surface area contributed by atoms with Gasteiger partial charge in [0.15, 0.2) is 0 Å². The van der Waals surface area contributed by atoms with Crippen molar-refractivity contribution in [2.75, 3.05) is 66.7 Å². The number of hydrogen-bond donors (Lipinski definition) is 4. The van der Waals surface area contributed by atoms with Crippen molar-refractivity contribution >= 4 is 69.4 Å². The molecule has 1 saturated carbocycles. The van der Waals surface area contributed by atoms with Crippen molar-refractivity contribution in [3.8, 4) is 11.5 Å². The normalized spacial score (nSPS) is 21.6. The Morgan fingerprint density at radius 3 is 2.19 bits per heavy atom. The Balaban J connectivity index is 0.679. The number of halogens is 1. The van der Waals surface area contributed by atoms with Crippen LogP contribution in [0.3, 0.4) is 0 Å². The number of carbonyl (C=O) groups is 6. The fourth-order valence-corrected chi connectivity index (χ4v) is 10.1. The summed E-state index contributed by atoms with van der Waals surface area (Å²) in [6, 6.07) is 17.3. The highest BCUT2D eigenvalue weighted by atomic mass is 19.1. The number of imide groups is 2. The van der Waals surface area contributed by atoms with Gasteiger partial charge >= 0.3 is 0 Å². The molecule has 6 amide bonds. The Bertz CT molecular complexity index is 2870. The number of amides is 6. The quantitative estimate of drug-likeness (QED) is 0.0808. The van der Waals surface area contributed by atoms with Crippen LogP contribution in [0.1, 0.15) is 73.1 Å². The van der Waals surface area contributed by atoms with Gasteiger partial charge in [-0.15, -0.1) is 0 Å². The highest BCUT2D eigenvalue weighted by Gasteiger charge is 2.56. The Hall–Kier alpha value is -7.38. The van der Waals surface area contributed by atoms with E-state index in [1.807, 2.05) is 6.07 Å². The van der Waals surface area contributed by atoms with Crippen LogP contribution in [0.4, 0.5) is 27.4 Å². The standard InChI is InChI=1S/C51H54FN11O7/c1-30-28-62(31(2)27-61(30)24-21-55-45-44-37(13-19-54-45)47(66)63(48(44)67)40-11-12-43(64)59-46(40)65)29-32-15-22-60(23-16-32)42-25-39-38(26-56-42)41(14-20-53-39)70-36-9-7-35(8-10-36)58-50(69)51(17-18-51)49(68)57-34-5-3-33(52)4-6-34/h3-10,13-14,19-20,25-26,30-32,40H,11-12,15-18,21-24,27-29H2,1-2H3,(H,54,55)(H,57,68)(H,58,69)(H,59,64,65)/t30-,31-,40?/m0/s1. The highest BCUT2D eigenvalue weighted by Crippen LogP contribution is 2.47. The maximum Gasteiger partial charge on any atom is 0.266 e. The van der Waals surface area contributed by atoms with E-state index in [-0.39, 0.29) is 24.0 Å². The second-order valence-electron chi connectivity index (χ2n) is 19.0. The van der Waals surface area contributed by atoms with Crippen LogP contribution in [-0.4, -0.2) is 129 Å². The smallest absolute Gasteiger partial charge is 0.266 e. The molecule has 362 valence electrons. The predicted molar refractivity (Wildman–Crippen MR) is 258 cm³/mol. The summed E-state index contributed by atoms with van der Waals surface area (Å²) in [5, 5.41) is 11.9. The number of fused-ring (bicyclic) bond motifs is 2. The minimum absolute atomic E-state index is 0.0576. The van der Waals surface area contributed by atoms with Crippen LogP contribution in [0.25, 0.3) is 10.9 Å². The zero-order chi connectivity index (χ0) is 48.7. The van der Waals surface area contributed by atoms with Crippen LogP contribution in [0.15, 0.2) is 85.3 Å². The van der Waals surface area contributed by atoms with Gasteiger partial charge in [-0.25, -0.2) is 14.4 Å². The third kappa shape index (κ3) is 9.37. The summed E-state index contributed by atoms with van der Waals surface area (Å²) in [5.41, 5.74) is 0.905. The zero-order valence-electron chi connectivity index (χ0n) is 39.0. The van der Waals surface area contributed by atoms with E-state index < -0.39 is 52.7 Å². The molecule has 3 aromatic heterocycles. The molecule has 5 aromatic rings. The van der Waals surface area contributed by atoms with E-state index >= 15 is 0 Å². The lowest BCUT2D eigenvalue weighted by atomic mass is 9.94. The van der Waals surface area contributed by atoms with Gasteiger partial charge in [-0.1, -0.05) is 0 Å². The molecular formula is C51H54FN11O7. The molecule has 3 saturated heterocycles. The van der Waals surface area contributed by atoms with E-state index in [4.69, 9.17) is 9.72 Å². The number of piperidine rings is 2. The average Bonchev–Trinajstić information content (AvgIpc) is 4.14. The number of ether oxygens (including phenoxy) is 1. The van der Waals surface area contributed by atoms with Gasteiger partial charge in [-0.05, 0) is 113 Å². The van der Waals surface area contributed by atoms with Gasteiger partial charge in [0.05, 0.1) is 22.0 Å². The minimum atomic E-state index is -1.17. The Morgan fingerprint density at radius 2 is 1.49 bits per heavy atom. The van der Waals surface area contributed by atoms with Gasteiger partial charge in [0, 0.05) is 100 Å². The van der Waals surface area contributed by atoms with Crippen LogP contribution in [0, 0.1) is 17.2 Å². The van der Waals surface area contributed by atoms with Gasteiger partial charge < -0.3 is 25.6 Å². The molecule has 4 aliphatic heterocycles. The third-order valence-electron chi connectivity index (χ3n) is 14.4. The van der Waals surface area contributed by atoms with Crippen molar-refractivity contribution in [2.45, 2.75) is 70.5 Å². The first kappa shape index (κ1) is 46.4. The number of carbonyl (C=O) groups excluding carboxylic acids is 6. The molecule has 19 heteroatoms. The predicted octanol–water partition coefficient (Wildman–Crippen LogP) is 5.44. The van der Waals surface area contributed by atoms with Gasteiger partial charge in [0.2, 0.25) is 23.6 Å².